The van der Waals surface area contributed by atoms with E-state index in [1.165, 1.54) is 43.4 Å². The van der Waals surface area contributed by atoms with E-state index >= 15 is 0 Å². The number of hydrogen-bond donors (Lipinski definition) is 1. The number of hydrogen-bond acceptors (Lipinski definition) is 3. The van der Waals surface area contributed by atoms with Gasteiger partial charge in [0, 0.05) is 5.69 Å². The molecule has 2 atom stereocenters. The molecule has 0 bridgehead atoms. The number of rotatable bonds is 2. The molecule has 3 rings (SSSR count). The van der Waals surface area contributed by atoms with Crippen LogP contribution >= 0.6 is 0 Å². The van der Waals surface area contributed by atoms with Crippen LogP contribution in [-0.2, 0) is 0 Å². The maximum atomic E-state index is 6.28. The summed E-state index contributed by atoms with van der Waals surface area (Å²) in [6, 6.07) is 8.54. The molecule has 1 spiro atoms. The zero-order chi connectivity index (χ0) is 14.2. The lowest BCUT2D eigenvalue weighted by molar-refractivity contribution is 0.201. The van der Waals surface area contributed by atoms with E-state index in [2.05, 4.69) is 48.0 Å². The fourth-order valence-electron chi connectivity index (χ4n) is 4.15. The Kier molecular flexibility index (Phi) is 3.45. The second-order valence-electron chi connectivity index (χ2n) is 6.25. The van der Waals surface area contributed by atoms with E-state index in [-0.39, 0.29) is 5.54 Å². The largest absolute Gasteiger partial charge is 0.369 e. The fraction of sp³-hybridized carbons (Fsp3) is 0.588. The molecule has 1 aliphatic heterocycles. The van der Waals surface area contributed by atoms with Crippen LogP contribution in [0.25, 0.3) is 0 Å². The van der Waals surface area contributed by atoms with Crippen molar-refractivity contribution in [2.45, 2.75) is 51.5 Å². The predicted octanol–water partition coefficient (Wildman–Crippen LogP) is 3.47. The minimum Gasteiger partial charge on any atom is -0.369 e. The maximum Gasteiger partial charge on any atom is 0.196 e. The molecule has 3 heteroatoms. The number of aryl methyl sites for hydroxylation is 1. The smallest absolute Gasteiger partial charge is 0.196 e. The number of nitrogens with two attached hydrogens (primary N) is 1. The first kappa shape index (κ1) is 13.5. The van der Waals surface area contributed by atoms with Gasteiger partial charge in [-0.2, -0.15) is 0 Å². The average Bonchev–Trinajstić information content (AvgIpc) is 2.78. The van der Waals surface area contributed by atoms with Gasteiger partial charge in [0.25, 0.3) is 0 Å². The maximum absolute atomic E-state index is 6.28. The van der Waals surface area contributed by atoms with E-state index in [9.17, 15) is 0 Å². The van der Waals surface area contributed by atoms with E-state index in [1.807, 2.05) is 0 Å². The topological polar surface area (TPSA) is 41.6 Å². The van der Waals surface area contributed by atoms with E-state index in [0.29, 0.717) is 11.9 Å². The Balaban J connectivity index is 2.06. The highest BCUT2D eigenvalue weighted by Crippen LogP contribution is 2.45. The predicted molar refractivity (Wildman–Crippen MR) is 85.1 cm³/mol. The third kappa shape index (κ3) is 1.91. The fourth-order valence-corrected chi connectivity index (χ4v) is 4.15. The van der Waals surface area contributed by atoms with Gasteiger partial charge in [0.05, 0.1) is 12.1 Å². The van der Waals surface area contributed by atoms with Crippen LogP contribution in [0.3, 0.4) is 0 Å². The van der Waals surface area contributed by atoms with Gasteiger partial charge < -0.3 is 10.6 Å². The summed E-state index contributed by atoms with van der Waals surface area (Å²) in [7, 11) is 0. The van der Waals surface area contributed by atoms with Crippen molar-refractivity contribution in [1.82, 2.24) is 0 Å². The second kappa shape index (κ2) is 5.12. The summed E-state index contributed by atoms with van der Waals surface area (Å²) in [4.78, 5) is 6.99. The number of para-hydroxylation sites is 1. The molecule has 3 nitrogen and oxygen atoms in total. The Labute approximate surface area is 121 Å². The number of anilines is 1. The highest BCUT2D eigenvalue weighted by atomic mass is 15.4. The third-order valence-corrected chi connectivity index (χ3v) is 5.21. The molecule has 1 aromatic rings. The van der Waals surface area contributed by atoms with Gasteiger partial charge in [0.2, 0.25) is 0 Å². The summed E-state index contributed by atoms with van der Waals surface area (Å²) >= 11 is 0. The van der Waals surface area contributed by atoms with E-state index < -0.39 is 0 Å². The van der Waals surface area contributed by atoms with Crippen LogP contribution in [0.2, 0.25) is 0 Å². The Bertz CT molecular complexity index is 523. The van der Waals surface area contributed by atoms with Gasteiger partial charge in [-0.25, -0.2) is 0 Å². The highest BCUT2D eigenvalue weighted by molar-refractivity contribution is 5.99. The quantitative estimate of drug-likeness (QED) is 0.895. The molecule has 20 heavy (non-hydrogen) atoms. The van der Waals surface area contributed by atoms with Gasteiger partial charge in [-0.05, 0) is 37.3 Å². The molecule has 1 heterocycles. The van der Waals surface area contributed by atoms with Crippen molar-refractivity contribution in [3.8, 4) is 0 Å². The molecular weight excluding hydrogens is 246 g/mol. The third-order valence-electron chi connectivity index (χ3n) is 5.21. The van der Waals surface area contributed by atoms with E-state index in [4.69, 9.17) is 5.73 Å². The average molecular weight is 271 g/mol. The van der Waals surface area contributed by atoms with Gasteiger partial charge in [0.15, 0.2) is 5.96 Å². The number of benzene rings is 1. The van der Waals surface area contributed by atoms with E-state index in [0.717, 1.165) is 6.54 Å². The zero-order valence-corrected chi connectivity index (χ0v) is 12.6. The van der Waals surface area contributed by atoms with Crippen molar-refractivity contribution < 1.29 is 0 Å². The van der Waals surface area contributed by atoms with Crippen molar-refractivity contribution in [3.63, 3.8) is 0 Å². The van der Waals surface area contributed by atoms with Crippen LogP contribution < -0.4 is 10.6 Å². The summed E-state index contributed by atoms with van der Waals surface area (Å²) in [6.07, 6.45) is 6.38. The number of guanidine groups is 1. The monoisotopic (exact) mass is 271 g/mol. The van der Waals surface area contributed by atoms with Crippen molar-refractivity contribution >= 4 is 11.6 Å². The Morgan fingerprint density at radius 2 is 2.15 bits per heavy atom. The lowest BCUT2D eigenvalue weighted by Gasteiger charge is -2.48. The summed E-state index contributed by atoms with van der Waals surface area (Å²) in [6.45, 7) is 5.34. The van der Waals surface area contributed by atoms with Crippen LogP contribution in [0.1, 0.15) is 44.6 Å². The zero-order valence-electron chi connectivity index (χ0n) is 12.6. The van der Waals surface area contributed by atoms with Gasteiger partial charge in [-0.3, -0.25) is 4.99 Å². The van der Waals surface area contributed by atoms with Crippen molar-refractivity contribution in [3.05, 3.63) is 29.8 Å². The van der Waals surface area contributed by atoms with Gasteiger partial charge >= 0.3 is 0 Å². The molecule has 0 aromatic heterocycles. The van der Waals surface area contributed by atoms with Crippen LogP contribution in [0.15, 0.2) is 29.3 Å². The molecular formula is C17H25N3. The van der Waals surface area contributed by atoms with Crippen LogP contribution in [0.4, 0.5) is 5.69 Å². The van der Waals surface area contributed by atoms with Gasteiger partial charge in [-0.1, -0.05) is 44.4 Å². The first-order chi connectivity index (χ1) is 9.69. The van der Waals surface area contributed by atoms with Crippen molar-refractivity contribution in [1.29, 1.82) is 0 Å². The van der Waals surface area contributed by atoms with Crippen LogP contribution in [0.5, 0.6) is 0 Å². The number of nitrogens with zero attached hydrogens (tertiary/aromatic N) is 2. The van der Waals surface area contributed by atoms with Gasteiger partial charge in [-0.15, -0.1) is 0 Å². The molecule has 0 amide bonds. The summed E-state index contributed by atoms with van der Waals surface area (Å²) in [5.74, 6) is 1.40. The molecule has 108 valence electrons. The molecule has 2 aliphatic rings. The lowest BCUT2D eigenvalue weighted by Crippen LogP contribution is -2.58. The Morgan fingerprint density at radius 3 is 2.90 bits per heavy atom. The summed E-state index contributed by atoms with van der Waals surface area (Å²) < 4.78 is 0. The molecule has 1 fully saturated rings. The molecule has 2 N–H and O–H groups in total. The first-order valence-corrected chi connectivity index (χ1v) is 7.85. The molecule has 0 radical (unpaired) electrons. The lowest BCUT2D eigenvalue weighted by atomic mass is 9.70. The SMILES string of the molecule is CCC1CCCCC12CN=C(N)N2c1ccccc1C. The Hall–Kier alpha value is -1.51. The second-order valence-corrected chi connectivity index (χ2v) is 6.25. The Morgan fingerprint density at radius 1 is 1.35 bits per heavy atom. The number of aliphatic imine (C=N–C) groups is 1. The van der Waals surface area contributed by atoms with Crippen LogP contribution in [0, 0.1) is 12.8 Å². The van der Waals surface area contributed by atoms with Crippen molar-refractivity contribution in [2.75, 3.05) is 11.4 Å². The molecule has 1 aliphatic carbocycles. The highest BCUT2D eigenvalue weighted by Gasteiger charge is 2.49. The van der Waals surface area contributed by atoms with Crippen LogP contribution in [-0.4, -0.2) is 18.0 Å². The molecule has 0 saturated heterocycles. The summed E-state index contributed by atoms with van der Waals surface area (Å²) in [5.41, 5.74) is 8.93. The summed E-state index contributed by atoms with van der Waals surface area (Å²) in [5, 5.41) is 0. The van der Waals surface area contributed by atoms with Crippen molar-refractivity contribution in [2.24, 2.45) is 16.6 Å². The standard InChI is InChI=1S/C17H25N3/c1-3-14-9-6-7-11-17(14)12-19-16(18)20(17)15-10-5-4-8-13(15)2/h4-5,8,10,14H,3,6-7,9,11-12H2,1-2H3,(H2,18,19). The minimum absolute atomic E-state index is 0.128. The minimum atomic E-state index is 0.128. The molecule has 1 saturated carbocycles. The molecule has 1 aromatic carbocycles. The van der Waals surface area contributed by atoms with Gasteiger partial charge in [0.1, 0.15) is 0 Å². The normalized spacial score (nSPS) is 29.8. The first-order valence-electron chi connectivity index (χ1n) is 7.85. The van der Waals surface area contributed by atoms with E-state index in [1.54, 1.807) is 0 Å². The molecule has 2 unspecified atom stereocenters.